The van der Waals surface area contributed by atoms with Crippen molar-refractivity contribution in [1.82, 2.24) is 14.5 Å². The Morgan fingerprint density at radius 2 is 1.86 bits per heavy atom. The molecule has 0 saturated heterocycles. The monoisotopic (exact) mass is 532 g/mol. The van der Waals surface area contributed by atoms with Crippen molar-refractivity contribution in [1.29, 1.82) is 0 Å². The molecule has 1 atom stereocenters. The predicted molar refractivity (Wildman–Crippen MR) is 145 cm³/mol. The van der Waals surface area contributed by atoms with E-state index in [4.69, 9.17) is 4.98 Å². The van der Waals surface area contributed by atoms with Gasteiger partial charge < -0.3 is 10.2 Å². The average Bonchev–Trinajstić information content (AvgIpc) is 2.82. The van der Waals surface area contributed by atoms with Gasteiger partial charge in [0.25, 0.3) is 5.56 Å². The van der Waals surface area contributed by atoms with E-state index < -0.39 is 6.04 Å². The summed E-state index contributed by atoms with van der Waals surface area (Å²) in [6.07, 6.45) is 0.762. The number of nitrogens with one attached hydrogen (secondary N) is 1. The molecule has 180 valence electrons. The molecule has 0 fully saturated rings. The lowest BCUT2D eigenvalue weighted by Gasteiger charge is -2.30. The molecule has 35 heavy (non-hydrogen) atoms. The fourth-order valence-corrected chi connectivity index (χ4v) is 4.73. The summed E-state index contributed by atoms with van der Waals surface area (Å²) >= 11 is 3.45. The highest BCUT2D eigenvalue weighted by molar-refractivity contribution is 9.10. The summed E-state index contributed by atoms with van der Waals surface area (Å²) in [5, 5.41) is 3.54. The number of hydrogen-bond donors (Lipinski definition) is 1. The number of halogens is 1. The molecule has 2 amide bonds. The largest absolute Gasteiger partial charge is 0.322 e. The number of aryl methyl sites for hydroxylation is 2. The minimum Gasteiger partial charge on any atom is -0.315 e. The first-order chi connectivity index (χ1) is 16.8. The van der Waals surface area contributed by atoms with E-state index in [1.165, 1.54) is 0 Å². The summed E-state index contributed by atoms with van der Waals surface area (Å²) in [5.41, 5.74) is 4.01. The van der Waals surface area contributed by atoms with Crippen LogP contribution in [0.2, 0.25) is 0 Å². The van der Waals surface area contributed by atoms with Gasteiger partial charge in [-0.25, -0.2) is 9.78 Å². The maximum atomic E-state index is 13.8. The van der Waals surface area contributed by atoms with Gasteiger partial charge in [0.05, 0.1) is 22.6 Å². The lowest BCUT2D eigenvalue weighted by atomic mass is 10.1. The van der Waals surface area contributed by atoms with Crippen LogP contribution in [0.3, 0.4) is 0 Å². The lowest BCUT2D eigenvalue weighted by molar-refractivity contribution is 0.189. The molecule has 4 aromatic rings. The lowest BCUT2D eigenvalue weighted by Crippen LogP contribution is -2.40. The van der Waals surface area contributed by atoms with Crippen LogP contribution in [-0.2, 0) is 0 Å². The third kappa shape index (κ3) is 5.15. The number of aromatic nitrogens is 2. The topological polar surface area (TPSA) is 67.2 Å². The SMILES string of the molecule is CCCN(C(=O)Nc1cccc(Br)c1)C(C)c1nc2ccccc2c(=O)n1-c1ccc(C)cc1C. The van der Waals surface area contributed by atoms with Gasteiger partial charge in [-0.05, 0) is 69.2 Å². The highest BCUT2D eigenvalue weighted by atomic mass is 79.9. The fourth-order valence-electron chi connectivity index (χ4n) is 4.33. The first-order valence-corrected chi connectivity index (χ1v) is 12.5. The maximum Gasteiger partial charge on any atom is 0.322 e. The van der Waals surface area contributed by atoms with Gasteiger partial charge in [0, 0.05) is 16.7 Å². The number of nitrogens with zero attached hydrogens (tertiary/aromatic N) is 3. The van der Waals surface area contributed by atoms with Crippen LogP contribution in [0.4, 0.5) is 10.5 Å². The minimum atomic E-state index is -0.458. The van der Waals surface area contributed by atoms with E-state index in [2.05, 4.69) is 27.3 Å². The minimum absolute atomic E-state index is 0.145. The second-order valence-electron chi connectivity index (χ2n) is 8.73. The highest BCUT2D eigenvalue weighted by Gasteiger charge is 2.27. The van der Waals surface area contributed by atoms with Crippen molar-refractivity contribution in [2.24, 2.45) is 0 Å². The Kier molecular flexibility index (Phi) is 7.36. The average molecular weight is 533 g/mol. The summed E-state index contributed by atoms with van der Waals surface area (Å²) in [6, 6.07) is 20.1. The number of carbonyl (C=O) groups excluding carboxylic acids is 1. The highest BCUT2D eigenvalue weighted by Crippen LogP contribution is 2.26. The number of benzene rings is 3. The van der Waals surface area contributed by atoms with E-state index in [-0.39, 0.29) is 11.6 Å². The maximum absolute atomic E-state index is 13.8. The number of hydrogen-bond acceptors (Lipinski definition) is 3. The van der Waals surface area contributed by atoms with Crippen molar-refractivity contribution in [3.05, 3.63) is 98.5 Å². The van der Waals surface area contributed by atoms with Gasteiger partial charge in [0.1, 0.15) is 5.82 Å². The molecule has 0 aliphatic heterocycles. The van der Waals surface area contributed by atoms with E-state index in [0.29, 0.717) is 29.0 Å². The molecule has 0 saturated carbocycles. The van der Waals surface area contributed by atoms with Crippen molar-refractivity contribution in [3.63, 3.8) is 0 Å². The van der Waals surface area contributed by atoms with Crippen molar-refractivity contribution in [2.45, 2.75) is 40.2 Å². The molecular weight excluding hydrogens is 504 g/mol. The van der Waals surface area contributed by atoms with E-state index in [1.807, 2.05) is 82.3 Å². The first kappa shape index (κ1) is 24.7. The predicted octanol–water partition coefficient (Wildman–Crippen LogP) is 6.77. The normalized spacial score (nSPS) is 11.9. The molecule has 0 radical (unpaired) electrons. The Morgan fingerprint density at radius 1 is 1.09 bits per heavy atom. The van der Waals surface area contributed by atoms with E-state index in [0.717, 1.165) is 27.7 Å². The number of fused-ring (bicyclic) bond motifs is 1. The molecule has 1 heterocycles. The Hall–Kier alpha value is -3.45. The number of amides is 2. The van der Waals surface area contributed by atoms with Crippen LogP contribution in [0.5, 0.6) is 0 Å². The van der Waals surface area contributed by atoms with Gasteiger partial charge >= 0.3 is 6.03 Å². The van der Waals surface area contributed by atoms with Crippen LogP contribution < -0.4 is 10.9 Å². The van der Waals surface area contributed by atoms with Gasteiger partial charge in [-0.1, -0.05) is 58.7 Å². The summed E-state index contributed by atoms with van der Waals surface area (Å²) in [5.74, 6) is 0.526. The zero-order valence-corrected chi connectivity index (χ0v) is 22.0. The van der Waals surface area contributed by atoms with Crippen molar-refractivity contribution in [2.75, 3.05) is 11.9 Å². The molecule has 0 aliphatic rings. The van der Waals surface area contributed by atoms with Crippen LogP contribution in [-0.4, -0.2) is 27.0 Å². The number of para-hydroxylation sites is 1. The molecule has 4 rings (SSSR count). The van der Waals surface area contributed by atoms with Crippen molar-refractivity contribution < 1.29 is 4.79 Å². The van der Waals surface area contributed by atoms with Crippen LogP contribution in [0.25, 0.3) is 16.6 Å². The Balaban J connectivity index is 1.85. The molecule has 1 unspecified atom stereocenters. The van der Waals surface area contributed by atoms with E-state index in [9.17, 15) is 9.59 Å². The van der Waals surface area contributed by atoms with Crippen LogP contribution in [0.1, 0.15) is 43.3 Å². The third-order valence-electron chi connectivity index (χ3n) is 6.04. The quantitative estimate of drug-likeness (QED) is 0.298. The van der Waals surface area contributed by atoms with Crippen LogP contribution in [0.15, 0.2) is 76.0 Å². The Labute approximate surface area is 213 Å². The molecule has 7 heteroatoms. The fraction of sp³-hybridized carbons (Fsp3) is 0.250. The molecule has 0 bridgehead atoms. The van der Waals surface area contributed by atoms with Gasteiger partial charge in [0.2, 0.25) is 0 Å². The molecule has 6 nitrogen and oxygen atoms in total. The van der Waals surface area contributed by atoms with Crippen molar-refractivity contribution in [3.8, 4) is 5.69 Å². The zero-order chi connectivity index (χ0) is 25.1. The van der Waals surface area contributed by atoms with Gasteiger partial charge in [-0.15, -0.1) is 0 Å². The number of anilines is 1. The smallest absolute Gasteiger partial charge is 0.315 e. The standard InChI is InChI=1S/C28H29BrN4O2/c1-5-15-32(28(35)30-22-10-8-9-21(29)17-22)20(4)26-31-24-12-7-6-11-23(24)27(34)33(26)25-14-13-18(2)16-19(25)3/h6-14,16-17,20H,5,15H2,1-4H3,(H,30,35). The summed E-state index contributed by atoms with van der Waals surface area (Å²) in [6.45, 7) is 8.47. The van der Waals surface area contributed by atoms with Gasteiger partial charge in [0.15, 0.2) is 0 Å². The Morgan fingerprint density at radius 3 is 2.57 bits per heavy atom. The summed E-state index contributed by atoms with van der Waals surface area (Å²) in [7, 11) is 0. The molecule has 0 aliphatic carbocycles. The van der Waals surface area contributed by atoms with Crippen LogP contribution in [0, 0.1) is 13.8 Å². The van der Waals surface area contributed by atoms with E-state index >= 15 is 0 Å². The Bertz CT molecular complexity index is 1450. The summed E-state index contributed by atoms with van der Waals surface area (Å²) in [4.78, 5) is 33.8. The number of urea groups is 1. The van der Waals surface area contributed by atoms with Crippen molar-refractivity contribution >= 4 is 38.6 Å². The third-order valence-corrected chi connectivity index (χ3v) is 6.53. The molecule has 1 N–H and O–H groups in total. The van der Waals surface area contributed by atoms with Gasteiger partial charge in [-0.3, -0.25) is 9.36 Å². The number of carbonyl (C=O) groups is 1. The molecule has 0 spiro atoms. The summed E-state index contributed by atoms with van der Waals surface area (Å²) < 4.78 is 2.54. The zero-order valence-electron chi connectivity index (χ0n) is 20.4. The number of rotatable bonds is 6. The first-order valence-electron chi connectivity index (χ1n) is 11.7. The molecule has 1 aromatic heterocycles. The second-order valence-corrected chi connectivity index (χ2v) is 9.64. The van der Waals surface area contributed by atoms with Gasteiger partial charge in [-0.2, -0.15) is 0 Å². The van der Waals surface area contributed by atoms with E-state index in [1.54, 1.807) is 15.5 Å². The van der Waals surface area contributed by atoms with Crippen LogP contribution >= 0.6 is 15.9 Å². The molecular formula is C28H29BrN4O2. The second kappa shape index (κ2) is 10.4. The molecule has 3 aromatic carbocycles.